The highest BCUT2D eigenvalue weighted by atomic mass is 32.2. The molecule has 6 nitrogen and oxygen atoms in total. The summed E-state index contributed by atoms with van der Waals surface area (Å²) in [7, 11) is -3.37. The van der Waals surface area contributed by atoms with Crippen LogP contribution >= 0.6 is 11.3 Å². The number of aryl methyl sites for hydroxylation is 1. The highest BCUT2D eigenvalue weighted by Gasteiger charge is 2.30. The predicted octanol–water partition coefficient (Wildman–Crippen LogP) is 1.61. The Morgan fingerprint density at radius 2 is 1.82 bits per heavy atom. The van der Waals surface area contributed by atoms with Crippen LogP contribution in [0.15, 0.2) is 34.8 Å². The minimum atomic E-state index is -3.37. The quantitative estimate of drug-likeness (QED) is 0.847. The number of hydrogen-bond donors (Lipinski definition) is 0. The minimum Gasteiger partial charge on any atom is -0.338 e. The van der Waals surface area contributed by atoms with Crippen molar-refractivity contribution in [3.8, 4) is 0 Å². The Kier molecular flexibility index (Phi) is 4.42. The van der Waals surface area contributed by atoms with Gasteiger partial charge in [-0.25, -0.2) is 18.4 Å². The van der Waals surface area contributed by atoms with Crippen molar-refractivity contribution in [2.45, 2.75) is 17.6 Å². The van der Waals surface area contributed by atoms with Crippen molar-refractivity contribution in [2.75, 3.05) is 31.1 Å². The van der Waals surface area contributed by atoms with Gasteiger partial charge in [-0.2, -0.15) is 4.31 Å². The number of aromatic nitrogens is 2. The molecular weight excluding hydrogens is 320 g/mol. The largest absolute Gasteiger partial charge is 0.338 e. The van der Waals surface area contributed by atoms with E-state index in [0.717, 1.165) is 11.3 Å². The Bertz CT molecular complexity index is 722. The number of sulfonamides is 1. The zero-order valence-corrected chi connectivity index (χ0v) is 14.0. The summed E-state index contributed by atoms with van der Waals surface area (Å²) in [6.07, 6.45) is 4.26. The van der Waals surface area contributed by atoms with Gasteiger partial charge in [-0.1, -0.05) is 6.92 Å². The van der Waals surface area contributed by atoms with Gasteiger partial charge in [-0.15, -0.1) is 11.3 Å². The van der Waals surface area contributed by atoms with Gasteiger partial charge in [0, 0.05) is 43.4 Å². The Labute approximate surface area is 134 Å². The van der Waals surface area contributed by atoms with E-state index in [-0.39, 0.29) is 0 Å². The van der Waals surface area contributed by atoms with Crippen LogP contribution < -0.4 is 4.90 Å². The first kappa shape index (κ1) is 15.4. The van der Waals surface area contributed by atoms with Crippen LogP contribution in [0.1, 0.15) is 11.8 Å². The molecule has 0 aromatic carbocycles. The standard InChI is InChI=1S/C14H18N4O2S2/c1-2-12-4-5-13(21-12)22(19,20)18-10-8-17(9-11-18)14-15-6-3-7-16-14/h3-7H,2,8-11H2,1H3. The molecule has 0 spiro atoms. The van der Waals surface area contributed by atoms with Gasteiger partial charge in [0.15, 0.2) is 0 Å². The van der Waals surface area contributed by atoms with Crippen LogP contribution in [0.2, 0.25) is 0 Å². The predicted molar refractivity (Wildman–Crippen MR) is 86.7 cm³/mol. The minimum absolute atomic E-state index is 0.439. The topological polar surface area (TPSA) is 66.4 Å². The molecule has 118 valence electrons. The SMILES string of the molecule is CCc1ccc(S(=O)(=O)N2CCN(c3ncccn3)CC2)s1. The molecule has 0 unspecified atom stereocenters. The monoisotopic (exact) mass is 338 g/mol. The molecule has 2 aromatic heterocycles. The molecule has 8 heteroatoms. The van der Waals surface area contributed by atoms with E-state index in [2.05, 4.69) is 9.97 Å². The number of nitrogens with zero attached hydrogens (tertiary/aromatic N) is 4. The van der Waals surface area contributed by atoms with Crippen LogP contribution in [0.4, 0.5) is 5.95 Å². The van der Waals surface area contributed by atoms with Crippen molar-refractivity contribution >= 4 is 27.3 Å². The van der Waals surface area contributed by atoms with Gasteiger partial charge in [0.1, 0.15) is 4.21 Å². The lowest BCUT2D eigenvalue weighted by atomic mass is 10.4. The van der Waals surface area contributed by atoms with E-state index in [9.17, 15) is 8.42 Å². The summed E-state index contributed by atoms with van der Waals surface area (Å²) in [5.41, 5.74) is 0. The van der Waals surface area contributed by atoms with Crippen molar-refractivity contribution in [3.63, 3.8) is 0 Å². The van der Waals surface area contributed by atoms with E-state index in [4.69, 9.17) is 0 Å². The molecule has 1 aliphatic heterocycles. The summed E-state index contributed by atoms with van der Waals surface area (Å²) in [4.78, 5) is 11.5. The molecule has 0 radical (unpaired) electrons. The first-order valence-electron chi connectivity index (χ1n) is 7.22. The molecule has 0 atom stereocenters. The molecule has 0 amide bonds. The molecular formula is C14H18N4O2S2. The number of rotatable bonds is 4. The van der Waals surface area contributed by atoms with E-state index in [1.165, 1.54) is 11.3 Å². The van der Waals surface area contributed by atoms with Crippen molar-refractivity contribution < 1.29 is 8.42 Å². The molecule has 0 N–H and O–H groups in total. The molecule has 0 saturated carbocycles. The molecule has 1 saturated heterocycles. The first-order valence-corrected chi connectivity index (χ1v) is 9.47. The summed E-state index contributed by atoms with van der Waals surface area (Å²) < 4.78 is 27.3. The third-order valence-corrected chi connectivity index (χ3v) is 7.25. The maximum absolute atomic E-state index is 12.6. The van der Waals surface area contributed by atoms with Crippen molar-refractivity contribution in [2.24, 2.45) is 0 Å². The fourth-order valence-corrected chi connectivity index (χ4v) is 5.27. The molecule has 2 aromatic rings. The lowest BCUT2D eigenvalue weighted by Crippen LogP contribution is -2.49. The normalized spacial score (nSPS) is 16.9. The van der Waals surface area contributed by atoms with Crippen molar-refractivity contribution in [1.29, 1.82) is 0 Å². The Balaban J connectivity index is 1.70. The molecule has 0 aliphatic carbocycles. The zero-order chi connectivity index (χ0) is 15.6. The third kappa shape index (κ3) is 2.99. The van der Waals surface area contributed by atoms with Crippen molar-refractivity contribution in [1.82, 2.24) is 14.3 Å². The highest BCUT2D eigenvalue weighted by Crippen LogP contribution is 2.26. The molecule has 3 heterocycles. The number of thiophene rings is 1. The summed E-state index contributed by atoms with van der Waals surface area (Å²) in [6.45, 7) is 4.16. The smallest absolute Gasteiger partial charge is 0.252 e. The van der Waals surface area contributed by atoms with E-state index in [1.807, 2.05) is 17.9 Å². The number of hydrogen-bond acceptors (Lipinski definition) is 6. The van der Waals surface area contributed by atoms with Crippen LogP contribution in [0.3, 0.4) is 0 Å². The van der Waals surface area contributed by atoms with Gasteiger partial charge in [0.2, 0.25) is 5.95 Å². The number of piperazine rings is 1. The Hall–Kier alpha value is -1.51. The van der Waals surface area contributed by atoms with Gasteiger partial charge >= 0.3 is 0 Å². The van der Waals surface area contributed by atoms with E-state index in [0.29, 0.717) is 36.3 Å². The second kappa shape index (κ2) is 6.31. The van der Waals surface area contributed by atoms with Crippen LogP contribution in [0.5, 0.6) is 0 Å². The fraction of sp³-hybridized carbons (Fsp3) is 0.429. The summed E-state index contributed by atoms with van der Waals surface area (Å²) >= 11 is 1.36. The van der Waals surface area contributed by atoms with Gasteiger partial charge in [-0.05, 0) is 24.6 Å². The second-order valence-electron chi connectivity index (χ2n) is 5.01. The van der Waals surface area contributed by atoms with Crippen LogP contribution in [0.25, 0.3) is 0 Å². The van der Waals surface area contributed by atoms with Gasteiger partial charge in [0.25, 0.3) is 10.0 Å². The van der Waals surface area contributed by atoms with Crippen LogP contribution in [-0.2, 0) is 16.4 Å². The highest BCUT2D eigenvalue weighted by molar-refractivity contribution is 7.91. The van der Waals surface area contributed by atoms with Crippen LogP contribution in [0, 0.1) is 0 Å². The lowest BCUT2D eigenvalue weighted by Gasteiger charge is -2.33. The van der Waals surface area contributed by atoms with E-state index in [1.54, 1.807) is 28.8 Å². The van der Waals surface area contributed by atoms with Gasteiger partial charge in [0.05, 0.1) is 0 Å². The fourth-order valence-electron chi connectivity index (χ4n) is 2.40. The molecule has 0 bridgehead atoms. The maximum Gasteiger partial charge on any atom is 0.252 e. The second-order valence-corrected chi connectivity index (χ2v) is 8.35. The maximum atomic E-state index is 12.6. The van der Waals surface area contributed by atoms with E-state index < -0.39 is 10.0 Å². The average molecular weight is 338 g/mol. The molecule has 22 heavy (non-hydrogen) atoms. The van der Waals surface area contributed by atoms with E-state index >= 15 is 0 Å². The Morgan fingerprint density at radius 1 is 1.14 bits per heavy atom. The lowest BCUT2D eigenvalue weighted by molar-refractivity contribution is 0.383. The molecule has 1 fully saturated rings. The van der Waals surface area contributed by atoms with Crippen molar-refractivity contribution in [3.05, 3.63) is 35.5 Å². The zero-order valence-electron chi connectivity index (χ0n) is 12.3. The van der Waals surface area contributed by atoms with Gasteiger partial charge < -0.3 is 4.90 Å². The summed E-state index contributed by atoms with van der Waals surface area (Å²) in [5.74, 6) is 0.656. The Morgan fingerprint density at radius 3 is 2.41 bits per heavy atom. The first-order chi connectivity index (χ1) is 10.6. The summed E-state index contributed by atoms with van der Waals surface area (Å²) in [5, 5.41) is 0. The molecule has 1 aliphatic rings. The average Bonchev–Trinajstić information content (AvgIpc) is 3.06. The van der Waals surface area contributed by atoms with Gasteiger partial charge in [-0.3, -0.25) is 0 Å². The third-order valence-electron chi connectivity index (χ3n) is 3.65. The van der Waals surface area contributed by atoms with Crippen LogP contribution in [-0.4, -0.2) is 48.9 Å². The molecule has 3 rings (SSSR count). The number of anilines is 1. The summed E-state index contributed by atoms with van der Waals surface area (Å²) in [6, 6.07) is 5.38.